The quantitative estimate of drug-likeness (QED) is 0.347. The van der Waals surface area contributed by atoms with Gasteiger partial charge >= 0.3 is 0 Å². The van der Waals surface area contributed by atoms with E-state index in [0.717, 1.165) is 0 Å². The summed E-state index contributed by atoms with van der Waals surface area (Å²) in [7, 11) is 6.05. The Morgan fingerprint density at radius 2 is 1.41 bits per heavy atom. The Labute approximate surface area is 165 Å². The molecule has 0 saturated carbocycles. The van der Waals surface area contributed by atoms with Crippen LogP contribution >= 0.6 is 24.4 Å². The number of allylic oxidation sites excluding steroid dienone is 4. The monoisotopic (exact) mass is 406 g/mol. The summed E-state index contributed by atoms with van der Waals surface area (Å²) in [5.41, 5.74) is -0.396. The average molecular weight is 406 g/mol. The summed E-state index contributed by atoms with van der Waals surface area (Å²) >= 11 is 10.1. The van der Waals surface area contributed by atoms with Gasteiger partial charge in [0, 0.05) is 28.2 Å². The lowest BCUT2D eigenvalue weighted by Gasteiger charge is -2.31. The molecule has 1 fully saturated rings. The van der Waals surface area contributed by atoms with Gasteiger partial charge in [-0.25, -0.2) is 0 Å². The predicted octanol–water partition coefficient (Wildman–Crippen LogP) is 0.870. The molecule has 1 aromatic rings. The van der Waals surface area contributed by atoms with E-state index in [-0.39, 0.29) is 26.9 Å². The number of amides is 2. The molecule has 1 aliphatic rings. The van der Waals surface area contributed by atoms with Crippen molar-refractivity contribution in [2.24, 2.45) is 14.1 Å². The second-order valence-electron chi connectivity index (χ2n) is 5.78. The van der Waals surface area contributed by atoms with Crippen molar-refractivity contribution >= 4 is 47.4 Å². The topological polar surface area (TPSA) is 87.8 Å². The molecule has 2 amide bonds. The SMILES string of the molecule is CN1C(=O)C(=C/C=C/C=C/c2c(O)n(C)c(=S)n(C)c2=O)C(=O)N(C)C1=S. The first-order valence-corrected chi connectivity index (χ1v) is 8.55. The Kier molecular flexibility index (Phi) is 5.91. The van der Waals surface area contributed by atoms with Crippen molar-refractivity contribution in [1.29, 1.82) is 0 Å². The second kappa shape index (κ2) is 7.80. The lowest BCUT2D eigenvalue weighted by molar-refractivity contribution is -0.132. The molecule has 0 aliphatic carbocycles. The molecule has 1 N–H and O–H groups in total. The number of thiocarbonyl (C=S) groups is 1. The normalized spacial score (nSPS) is 15.6. The molecule has 2 rings (SSSR count). The Hall–Kier alpha value is -2.85. The van der Waals surface area contributed by atoms with Crippen LogP contribution in [-0.2, 0) is 23.7 Å². The fourth-order valence-corrected chi connectivity index (χ4v) is 2.70. The highest BCUT2D eigenvalue weighted by Crippen LogP contribution is 2.15. The molecule has 8 nitrogen and oxygen atoms in total. The second-order valence-corrected chi connectivity index (χ2v) is 6.51. The highest BCUT2D eigenvalue weighted by Gasteiger charge is 2.34. The van der Waals surface area contributed by atoms with Crippen LogP contribution in [0.1, 0.15) is 5.56 Å². The minimum atomic E-state index is -0.490. The van der Waals surface area contributed by atoms with Crippen molar-refractivity contribution in [2.45, 2.75) is 0 Å². The molecule has 0 bridgehead atoms. The molecule has 0 spiro atoms. The summed E-state index contributed by atoms with van der Waals surface area (Å²) in [5, 5.41) is 10.2. The van der Waals surface area contributed by atoms with Gasteiger partial charge in [0.1, 0.15) is 11.1 Å². The van der Waals surface area contributed by atoms with E-state index in [0.29, 0.717) is 0 Å². The average Bonchev–Trinajstić information content (AvgIpc) is 2.66. The van der Waals surface area contributed by atoms with Crippen LogP contribution in [0.4, 0.5) is 0 Å². The van der Waals surface area contributed by atoms with Crippen LogP contribution < -0.4 is 5.56 Å². The zero-order valence-corrected chi connectivity index (χ0v) is 16.8. The van der Waals surface area contributed by atoms with Gasteiger partial charge < -0.3 is 5.11 Å². The van der Waals surface area contributed by atoms with E-state index in [4.69, 9.17) is 24.4 Å². The summed E-state index contributed by atoms with van der Waals surface area (Å²) in [6.07, 6.45) is 7.31. The number of aromatic hydroxyl groups is 1. The fourth-order valence-electron chi connectivity index (χ4n) is 2.37. The molecule has 0 atom stereocenters. The minimum absolute atomic E-state index is 0.0288. The van der Waals surface area contributed by atoms with Crippen molar-refractivity contribution in [1.82, 2.24) is 18.9 Å². The molecule has 0 radical (unpaired) electrons. The first-order chi connectivity index (χ1) is 12.6. The molecule has 1 saturated heterocycles. The number of carbonyl (C=O) groups is 2. The van der Waals surface area contributed by atoms with Gasteiger partial charge in [0.15, 0.2) is 9.88 Å². The van der Waals surface area contributed by atoms with Gasteiger partial charge in [0.25, 0.3) is 17.4 Å². The van der Waals surface area contributed by atoms with Crippen LogP contribution in [0, 0.1) is 4.77 Å². The van der Waals surface area contributed by atoms with E-state index in [1.165, 1.54) is 70.5 Å². The van der Waals surface area contributed by atoms with Crippen molar-refractivity contribution in [2.75, 3.05) is 14.1 Å². The maximum Gasteiger partial charge on any atom is 0.265 e. The number of hydrogen-bond acceptors (Lipinski definition) is 6. The number of hydrogen-bond donors (Lipinski definition) is 1. The molecule has 0 aromatic carbocycles. The highest BCUT2D eigenvalue weighted by atomic mass is 32.1. The lowest BCUT2D eigenvalue weighted by atomic mass is 10.1. The summed E-state index contributed by atoms with van der Waals surface area (Å²) < 4.78 is 2.75. The number of rotatable bonds is 3. The molecule has 27 heavy (non-hydrogen) atoms. The maximum absolute atomic E-state index is 12.2. The van der Waals surface area contributed by atoms with Gasteiger partial charge in [-0.2, -0.15) is 0 Å². The van der Waals surface area contributed by atoms with E-state index in [9.17, 15) is 19.5 Å². The van der Waals surface area contributed by atoms with E-state index in [1.807, 2.05) is 0 Å². The predicted molar refractivity (Wildman–Crippen MR) is 108 cm³/mol. The molecular weight excluding hydrogens is 388 g/mol. The van der Waals surface area contributed by atoms with Crippen LogP contribution in [-0.4, -0.2) is 55.1 Å². The van der Waals surface area contributed by atoms with Crippen molar-refractivity contribution in [3.05, 3.63) is 50.6 Å². The Balaban J connectivity index is 2.29. The molecule has 142 valence electrons. The largest absolute Gasteiger partial charge is 0.494 e. The van der Waals surface area contributed by atoms with Crippen molar-refractivity contribution in [3.63, 3.8) is 0 Å². The molecule has 10 heteroatoms. The Morgan fingerprint density at radius 1 is 0.852 bits per heavy atom. The van der Waals surface area contributed by atoms with Crippen LogP contribution in [0.2, 0.25) is 0 Å². The third-order valence-electron chi connectivity index (χ3n) is 4.06. The van der Waals surface area contributed by atoms with E-state index in [1.54, 1.807) is 7.05 Å². The van der Waals surface area contributed by atoms with E-state index in [2.05, 4.69) is 0 Å². The van der Waals surface area contributed by atoms with Crippen LogP contribution in [0.5, 0.6) is 5.88 Å². The van der Waals surface area contributed by atoms with Crippen LogP contribution in [0.3, 0.4) is 0 Å². The lowest BCUT2D eigenvalue weighted by Crippen LogP contribution is -2.52. The third-order valence-corrected chi connectivity index (χ3v) is 5.15. The first kappa shape index (κ1) is 20.5. The molecule has 2 heterocycles. The van der Waals surface area contributed by atoms with E-state index >= 15 is 0 Å². The van der Waals surface area contributed by atoms with Gasteiger partial charge in [-0.3, -0.25) is 33.3 Å². The molecule has 0 unspecified atom stereocenters. The van der Waals surface area contributed by atoms with Gasteiger partial charge in [-0.05, 0) is 36.6 Å². The number of carbonyl (C=O) groups excluding carboxylic acids is 2. The smallest absolute Gasteiger partial charge is 0.265 e. The zero-order chi connectivity index (χ0) is 20.5. The van der Waals surface area contributed by atoms with Crippen molar-refractivity contribution in [3.8, 4) is 5.88 Å². The Bertz CT molecular complexity index is 1020. The minimum Gasteiger partial charge on any atom is -0.494 e. The maximum atomic E-state index is 12.2. The number of nitrogens with zero attached hydrogens (tertiary/aromatic N) is 4. The standard InChI is InChI=1S/C17H18N4O4S2/c1-18-12(22)10(13(23)19(2)16(18)26)8-6-5-7-9-11-14(24)20(3)17(27)21(4)15(11)25/h5-9,22H,1-4H3/b7-5+,8-6+. The summed E-state index contributed by atoms with van der Waals surface area (Å²) in [5.74, 6) is -1.23. The number of aromatic nitrogens is 2. The van der Waals surface area contributed by atoms with Gasteiger partial charge in [-0.15, -0.1) is 0 Å². The first-order valence-electron chi connectivity index (χ1n) is 7.73. The van der Waals surface area contributed by atoms with Crippen molar-refractivity contribution < 1.29 is 14.7 Å². The Morgan fingerprint density at radius 3 is 1.96 bits per heavy atom. The van der Waals surface area contributed by atoms with Gasteiger partial charge in [-0.1, -0.05) is 18.2 Å². The fraction of sp³-hybridized carbons (Fsp3) is 0.235. The summed E-state index contributed by atoms with van der Waals surface area (Å²) in [4.78, 5) is 38.9. The highest BCUT2D eigenvalue weighted by molar-refractivity contribution is 7.80. The van der Waals surface area contributed by atoms with Gasteiger partial charge in [0.2, 0.25) is 5.88 Å². The summed E-state index contributed by atoms with van der Waals surface area (Å²) in [6.45, 7) is 0. The molecule has 1 aromatic heterocycles. The molecular formula is C17H18N4O4S2. The van der Waals surface area contributed by atoms with E-state index < -0.39 is 17.4 Å². The third kappa shape index (κ3) is 3.67. The van der Waals surface area contributed by atoms with Crippen LogP contribution in [0.25, 0.3) is 6.08 Å². The van der Waals surface area contributed by atoms with Crippen LogP contribution in [0.15, 0.2) is 34.7 Å². The number of likely N-dealkylation sites (N-methyl/N-ethyl adjacent to an activating group) is 2. The zero-order valence-electron chi connectivity index (χ0n) is 15.2. The summed E-state index contributed by atoms with van der Waals surface area (Å²) in [6, 6.07) is 0. The van der Waals surface area contributed by atoms with Gasteiger partial charge in [0.05, 0.1) is 0 Å². The molecule has 1 aliphatic heterocycles.